The van der Waals surface area contributed by atoms with Crippen molar-refractivity contribution in [3.8, 4) is 67.5 Å². The Kier molecular flexibility index (Phi) is 6.06. The molecule has 0 saturated carbocycles. The Morgan fingerprint density at radius 1 is 0.327 bits per heavy atom. The van der Waals surface area contributed by atoms with Crippen LogP contribution >= 0.6 is 0 Å². The Labute approximate surface area is 284 Å². The molecule has 2 aliphatic rings. The average molecular weight is 625 g/mol. The van der Waals surface area contributed by atoms with Gasteiger partial charge in [-0.25, -0.2) is 15.0 Å². The molecule has 1 atom stereocenters. The molecule has 0 saturated heterocycles. The van der Waals surface area contributed by atoms with Crippen molar-refractivity contribution >= 4 is 0 Å². The molecule has 0 aliphatic heterocycles. The maximum Gasteiger partial charge on any atom is 0.164 e. The molecule has 0 radical (unpaired) electrons. The quantitative estimate of drug-likeness (QED) is 0.196. The molecule has 2 aliphatic carbocycles. The van der Waals surface area contributed by atoms with Crippen LogP contribution in [0.3, 0.4) is 0 Å². The van der Waals surface area contributed by atoms with Gasteiger partial charge in [0.25, 0.3) is 0 Å². The Morgan fingerprint density at radius 2 is 0.837 bits per heavy atom. The molecule has 1 unspecified atom stereocenters. The summed E-state index contributed by atoms with van der Waals surface area (Å²) in [5.74, 6) is 1.93. The summed E-state index contributed by atoms with van der Waals surface area (Å²) in [5.41, 5.74) is 14.6. The van der Waals surface area contributed by atoms with Crippen molar-refractivity contribution in [1.82, 2.24) is 19.9 Å². The lowest BCUT2D eigenvalue weighted by Gasteiger charge is -2.30. The molecule has 228 valence electrons. The minimum atomic E-state index is -0.473. The fourth-order valence-electron chi connectivity index (χ4n) is 7.94. The van der Waals surface area contributed by atoms with Crippen molar-refractivity contribution in [3.63, 3.8) is 0 Å². The molecular formula is C45H28N4. The van der Waals surface area contributed by atoms with Crippen LogP contribution in [0.25, 0.3) is 67.5 Å². The van der Waals surface area contributed by atoms with E-state index >= 15 is 0 Å². The first-order chi connectivity index (χ1) is 24.3. The zero-order valence-corrected chi connectivity index (χ0v) is 26.5. The van der Waals surface area contributed by atoms with E-state index in [1.54, 1.807) is 0 Å². The van der Waals surface area contributed by atoms with Crippen LogP contribution in [0.2, 0.25) is 0 Å². The van der Waals surface area contributed by atoms with Crippen LogP contribution in [0, 0.1) is 0 Å². The van der Waals surface area contributed by atoms with Gasteiger partial charge in [-0.3, -0.25) is 4.98 Å². The summed E-state index contributed by atoms with van der Waals surface area (Å²) in [5, 5.41) is 0. The Bertz CT molecular complexity index is 2490. The van der Waals surface area contributed by atoms with E-state index in [1.165, 1.54) is 44.5 Å². The highest BCUT2D eigenvalue weighted by molar-refractivity contribution is 5.95. The summed E-state index contributed by atoms with van der Waals surface area (Å²) in [4.78, 5) is 19.9. The van der Waals surface area contributed by atoms with Crippen molar-refractivity contribution in [2.45, 2.75) is 5.41 Å². The smallest absolute Gasteiger partial charge is 0.164 e. The molecule has 1 spiro atoms. The van der Waals surface area contributed by atoms with Gasteiger partial charge in [-0.15, -0.1) is 0 Å². The molecule has 2 heterocycles. The van der Waals surface area contributed by atoms with Crippen molar-refractivity contribution in [3.05, 3.63) is 192 Å². The SMILES string of the molecule is c1ccc(-c2cccc(-c3nc(-c4ccccc4)nc(-c4ccc5c(c4)C4(c6ccccc6-c6cnccc64)c4ccccc4-5)n3)c2)cc1. The second-order valence-corrected chi connectivity index (χ2v) is 12.6. The van der Waals surface area contributed by atoms with Crippen LogP contribution in [0.4, 0.5) is 0 Å². The van der Waals surface area contributed by atoms with E-state index in [4.69, 9.17) is 15.0 Å². The first kappa shape index (κ1) is 27.6. The molecule has 4 nitrogen and oxygen atoms in total. The summed E-state index contributed by atoms with van der Waals surface area (Å²) in [7, 11) is 0. The van der Waals surface area contributed by atoms with Crippen LogP contribution < -0.4 is 0 Å². The molecule has 6 aromatic carbocycles. The summed E-state index contributed by atoms with van der Waals surface area (Å²) in [6.07, 6.45) is 3.94. The maximum absolute atomic E-state index is 5.18. The molecule has 4 heteroatoms. The second kappa shape index (κ2) is 10.8. The van der Waals surface area contributed by atoms with E-state index in [1.807, 2.05) is 36.7 Å². The molecule has 8 aromatic rings. The standard InChI is InChI=1S/C45H28N4/c1-3-12-29(13-4-1)31-16-11-17-32(26-31)43-47-42(30-14-5-2-6-15-30)48-44(49-43)33-22-23-36-34-18-7-9-20-38(34)45(41(36)27-33)39-21-10-8-19-35(39)37-28-46-25-24-40(37)45/h1-28H. The third-order valence-electron chi connectivity index (χ3n) is 10.0. The molecule has 10 rings (SSSR count). The molecule has 0 fully saturated rings. The third-order valence-corrected chi connectivity index (χ3v) is 10.0. The summed E-state index contributed by atoms with van der Waals surface area (Å²) in [6.45, 7) is 0. The monoisotopic (exact) mass is 624 g/mol. The number of rotatable bonds is 4. The van der Waals surface area contributed by atoms with Gasteiger partial charge < -0.3 is 0 Å². The first-order valence-electron chi connectivity index (χ1n) is 16.6. The second-order valence-electron chi connectivity index (χ2n) is 12.6. The summed E-state index contributed by atoms with van der Waals surface area (Å²) < 4.78 is 0. The lowest BCUT2D eigenvalue weighted by Crippen LogP contribution is -2.25. The lowest BCUT2D eigenvalue weighted by molar-refractivity contribution is 0.792. The number of fused-ring (bicyclic) bond motifs is 10. The van der Waals surface area contributed by atoms with E-state index in [2.05, 4.69) is 138 Å². The molecule has 0 amide bonds. The Morgan fingerprint density at radius 3 is 1.55 bits per heavy atom. The minimum absolute atomic E-state index is 0.473. The van der Waals surface area contributed by atoms with Gasteiger partial charge in [-0.1, -0.05) is 140 Å². The van der Waals surface area contributed by atoms with Crippen LogP contribution in [-0.4, -0.2) is 19.9 Å². The van der Waals surface area contributed by atoms with Crippen molar-refractivity contribution in [1.29, 1.82) is 0 Å². The number of benzene rings is 6. The first-order valence-corrected chi connectivity index (χ1v) is 16.6. The van der Waals surface area contributed by atoms with Gasteiger partial charge in [-0.2, -0.15) is 0 Å². The number of hydrogen-bond acceptors (Lipinski definition) is 4. The molecule has 0 bridgehead atoms. The molecule has 0 N–H and O–H groups in total. The average Bonchev–Trinajstić information content (AvgIpc) is 3.66. The fourth-order valence-corrected chi connectivity index (χ4v) is 7.94. The minimum Gasteiger partial charge on any atom is -0.264 e. The number of aromatic nitrogens is 4. The lowest BCUT2D eigenvalue weighted by atomic mass is 9.70. The van der Waals surface area contributed by atoms with E-state index in [9.17, 15) is 0 Å². The van der Waals surface area contributed by atoms with Gasteiger partial charge in [0.15, 0.2) is 17.5 Å². The normalized spacial score (nSPS) is 15.0. The van der Waals surface area contributed by atoms with Gasteiger partial charge in [-0.05, 0) is 68.3 Å². The topological polar surface area (TPSA) is 51.6 Å². The van der Waals surface area contributed by atoms with Crippen molar-refractivity contribution < 1.29 is 0 Å². The molecule has 2 aromatic heterocycles. The van der Waals surface area contributed by atoms with Crippen LogP contribution in [0.5, 0.6) is 0 Å². The van der Waals surface area contributed by atoms with Crippen LogP contribution in [-0.2, 0) is 5.41 Å². The van der Waals surface area contributed by atoms with Crippen LogP contribution in [0.15, 0.2) is 170 Å². The number of hydrogen-bond donors (Lipinski definition) is 0. The zero-order valence-electron chi connectivity index (χ0n) is 26.5. The van der Waals surface area contributed by atoms with E-state index in [0.29, 0.717) is 17.5 Å². The summed E-state index contributed by atoms with van der Waals surface area (Å²) >= 11 is 0. The third kappa shape index (κ3) is 4.11. The van der Waals surface area contributed by atoms with Gasteiger partial charge in [0.2, 0.25) is 0 Å². The largest absolute Gasteiger partial charge is 0.264 e. The summed E-state index contributed by atoms with van der Waals surface area (Å²) in [6, 6.07) is 55.6. The van der Waals surface area contributed by atoms with E-state index in [0.717, 1.165) is 27.8 Å². The highest BCUT2D eigenvalue weighted by atomic mass is 15.0. The Hall–Kier alpha value is -6.52. The van der Waals surface area contributed by atoms with Crippen molar-refractivity contribution in [2.75, 3.05) is 0 Å². The van der Waals surface area contributed by atoms with E-state index in [-0.39, 0.29) is 0 Å². The zero-order chi connectivity index (χ0) is 32.4. The highest BCUT2D eigenvalue weighted by Gasteiger charge is 2.51. The predicted octanol–water partition coefficient (Wildman–Crippen LogP) is 10.3. The van der Waals surface area contributed by atoms with Gasteiger partial charge in [0, 0.05) is 34.6 Å². The Balaban J connectivity index is 1.21. The van der Waals surface area contributed by atoms with Crippen LogP contribution in [0.1, 0.15) is 22.3 Å². The predicted molar refractivity (Wildman–Crippen MR) is 196 cm³/mol. The maximum atomic E-state index is 5.18. The van der Waals surface area contributed by atoms with Crippen molar-refractivity contribution in [2.24, 2.45) is 0 Å². The number of nitrogens with zero attached hydrogens (tertiary/aromatic N) is 4. The fraction of sp³-hybridized carbons (Fsp3) is 0.0222. The van der Waals surface area contributed by atoms with E-state index < -0.39 is 5.41 Å². The van der Waals surface area contributed by atoms with Gasteiger partial charge >= 0.3 is 0 Å². The van der Waals surface area contributed by atoms with Gasteiger partial charge in [0.1, 0.15) is 0 Å². The highest BCUT2D eigenvalue weighted by Crippen LogP contribution is 2.62. The molecular weight excluding hydrogens is 597 g/mol. The van der Waals surface area contributed by atoms with Gasteiger partial charge in [0.05, 0.1) is 5.41 Å². The molecule has 49 heavy (non-hydrogen) atoms. The number of pyridine rings is 1.